The second-order valence-electron chi connectivity index (χ2n) is 6.00. The summed E-state index contributed by atoms with van der Waals surface area (Å²) in [7, 11) is 0. The van der Waals surface area contributed by atoms with Crippen molar-refractivity contribution in [3.63, 3.8) is 0 Å². The molecule has 2 rings (SSSR count). The zero-order valence-electron chi connectivity index (χ0n) is 12.2. The predicted octanol–water partition coefficient (Wildman–Crippen LogP) is 2.20. The first-order valence-electron chi connectivity index (χ1n) is 7.18. The van der Waals surface area contributed by atoms with Crippen molar-refractivity contribution in [2.75, 3.05) is 19.7 Å². The van der Waals surface area contributed by atoms with E-state index < -0.39 is 5.79 Å². The van der Waals surface area contributed by atoms with Gasteiger partial charge in [-0.25, -0.2) is 0 Å². The van der Waals surface area contributed by atoms with Crippen molar-refractivity contribution in [1.29, 1.82) is 0 Å². The Bertz CT molecular complexity index is 347. The number of hydrogen-bond donors (Lipinski definition) is 0. The largest absolute Gasteiger partial charge is 0.348 e. The molecule has 2 fully saturated rings. The summed E-state index contributed by atoms with van der Waals surface area (Å²) in [6, 6.07) is 0. The van der Waals surface area contributed by atoms with E-state index in [4.69, 9.17) is 9.47 Å². The Morgan fingerprint density at radius 2 is 2.05 bits per heavy atom. The number of amides is 1. The van der Waals surface area contributed by atoms with E-state index in [0.717, 1.165) is 25.9 Å². The van der Waals surface area contributed by atoms with Crippen LogP contribution in [0.15, 0.2) is 12.7 Å². The van der Waals surface area contributed by atoms with E-state index in [2.05, 4.69) is 6.58 Å². The molecule has 0 N–H and O–H groups in total. The van der Waals surface area contributed by atoms with Crippen LogP contribution in [0.3, 0.4) is 0 Å². The van der Waals surface area contributed by atoms with Crippen LogP contribution in [0, 0.1) is 11.8 Å². The van der Waals surface area contributed by atoms with Gasteiger partial charge in [0.1, 0.15) is 0 Å². The predicted molar refractivity (Wildman–Crippen MR) is 73.6 cm³/mol. The van der Waals surface area contributed by atoms with Crippen molar-refractivity contribution in [2.24, 2.45) is 11.8 Å². The van der Waals surface area contributed by atoms with Crippen LogP contribution in [0.4, 0.5) is 0 Å². The fourth-order valence-corrected chi connectivity index (χ4v) is 2.97. The summed E-state index contributed by atoms with van der Waals surface area (Å²) in [4.78, 5) is 14.4. The summed E-state index contributed by atoms with van der Waals surface area (Å²) in [5.74, 6) is -0.425. The molecule has 0 bridgehead atoms. The van der Waals surface area contributed by atoms with Gasteiger partial charge in [-0.05, 0) is 26.7 Å². The quantitative estimate of drug-likeness (QED) is 0.733. The summed E-state index contributed by atoms with van der Waals surface area (Å²) in [5, 5.41) is 0. The summed E-state index contributed by atoms with van der Waals surface area (Å²) >= 11 is 0. The monoisotopic (exact) mass is 267 g/mol. The lowest BCUT2D eigenvalue weighted by Crippen LogP contribution is -2.40. The van der Waals surface area contributed by atoms with Crippen LogP contribution in [-0.2, 0) is 14.3 Å². The molecule has 2 aliphatic rings. The standard InChI is InChI=1S/C15H25NO3/c1-5-12(13-10-18-15(3,4)19-13)11(2)14(17)16-8-6-7-9-16/h5,11-13H,1,6-10H2,2-4H3/t11-,12+,13+/m0/s1. The zero-order valence-corrected chi connectivity index (χ0v) is 12.2. The minimum atomic E-state index is -0.553. The van der Waals surface area contributed by atoms with Gasteiger partial charge in [0.05, 0.1) is 12.7 Å². The molecule has 2 aliphatic heterocycles. The van der Waals surface area contributed by atoms with Crippen LogP contribution < -0.4 is 0 Å². The van der Waals surface area contributed by atoms with E-state index in [0.29, 0.717) is 6.61 Å². The average molecular weight is 267 g/mol. The minimum Gasteiger partial charge on any atom is -0.348 e. The Morgan fingerprint density at radius 3 is 2.53 bits per heavy atom. The first-order chi connectivity index (χ1) is 8.94. The zero-order chi connectivity index (χ0) is 14.0. The highest BCUT2D eigenvalue weighted by Crippen LogP contribution is 2.32. The molecular formula is C15H25NO3. The van der Waals surface area contributed by atoms with E-state index in [1.54, 1.807) is 0 Å². The average Bonchev–Trinajstić information content (AvgIpc) is 2.98. The maximum Gasteiger partial charge on any atom is 0.226 e. The van der Waals surface area contributed by atoms with Crippen LogP contribution in [-0.4, -0.2) is 42.4 Å². The number of ether oxygens (including phenoxy) is 2. The van der Waals surface area contributed by atoms with Crippen molar-refractivity contribution in [2.45, 2.75) is 45.5 Å². The Hall–Kier alpha value is -0.870. The number of carbonyl (C=O) groups excluding carboxylic acids is 1. The van der Waals surface area contributed by atoms with Gasteiger partial charge in [0.15, 0.2) is 5.79 Å². The maximum atomic E-state index is 12.4. The molecule has 4 heteroatoms. The number of hydrogen-bond acceptors (Lipinski definition) is 3. The molecule has 0 radical (unpaired) electrons. The number of likely N-dealkylation sites (tertiary alicyclic amines) is 1. The highest BCUT2D eigenvalue weighted by molar-refractivity contribution is 5.79. The van der Waals surface area contributed by atoms with Gasteiger partial charge in [-0.1, -0.05) is 13.0 Å². The molecule has 0 spiro atoms. The second kappa shape index (κ2) is 5.63. The van der Waals surface area contributed by atoms with Crippen LogP contribution in [0.5, 0.6) is 0 Å². The smallest absolute Gasteiger partial charge is 0.226 e. The molecule has 1 amide bonds. The van der Waals surface area contributed by atoms with Crippen LogP contribution in [0.2, 0.25) is 0 Å². The van der Waals surface area contributed by atoms with Gasteiger partial charge in [-0.3, -0.25) is 4.79 Å². The minimum absolute atomic E-state index is 0.00914. The van der Waals surface area contributed by atoms with E-state index in [1.165, 1.54) is 0 Å². The van der Waals surface area contributed by atoms with Crippen LogP contribution >= 0.6 is 0 Å². The van der Waals surface area contributed by atoms with Crippen molar-refractivity contribution < 1.29 is 14.3 Å². The summed E-state index contributed by atoms with van der Waals surface area (Å²) in [6.45, 7) is 12.0. The molecule has 0 saturated carbocycles. The fourth-order valence-electron chi connectivity index (χ4n) is 2.97. The molecule has 4 nitrogen and oxygen atoms in total. The van der Waals surface area contributed by atoms with Crippen molar-refractivity contribution >= 4 is 5.91 Å². The molecule has 0 aromatic heterocycles. The molecule has 2 saturated heterocycles. The highest BCUT2D eigenvalue weighted by atomic mass is 16.7. The molecule has 108 valence electrons. The normalized spacial score (nSPS) is 29.2. The lowest BCUT2D eigenvalue weighted by atomic mass is 9.88. The second-order valence-corrected chi connectivity index (χ2v) is 6.00. The Kier molecular flexibility index (Phi) is 4.31. The van der Waals surface area contributed by atoms with E-state index in [9.17, 15) is 4.79 Å². The molecule has 0 aromatic carbocycles. The SMILES string of the molecule is C=C[C@H]([C@H](C)C(=O)N1CCCC1)[C@H]1COC(C)(C)O1. The van der Waals surface area contributed by atoms with Gasteiger partial charge in [0.25, 0.3) is 0 Å². The Balaban J connectivity index is 2.00. The van der Waals surface area contributed by atoms with Crippen LogP contribution in [0.25, 0.3) is 0 Å². The topological polar surface area (TPSA) is 38.8 Å². The maximum absolute atomic E-state index is 12.4. The van der Waals surface area contributed by atoms with Gasteiger partial charge in [-0.15, -0.1) is 6.58 Å². The summed E-state index contributed by atoms with van der Waals surface area (Å²) in [5.41, 5.74) is 0. The molecule has 0 aliphatic carbocycles. The molecule has 0 unspecified atom stereocenters. The molecule has 0 aromatic rings. The van der Waals surface area contributed by atoms with E-state index in [1.807, 2.05) is 31.7 Å². The lowest BCUT2D eigenvalue weighted by molar-refractivity contribution is -0.150. The van der Waals surface area contributed by atoms with Gasteiger partial charge >= 0.3 is 0 Å². The molecule has 2 heterocycles. The van der Waals surface area contributed by atoms with E-state index >= 15 is 0 Å². The van der Waals surface area contributed by atoms with E-state index in [-0.39, 0.29) is 23.8 Å². The fraction of sp³-hybridized carbons (Fsp3) is 0.800. The van der Waals surface area contributed by atoms with Gasteiger partial charge < -0.3 is 14.4 Å². The summed E-state index contributed by atoms with van der Waals surface area (Å²) < 4.78 is 11.5. The molecular weight excluding hydrogens is 242 g/mol. The Labute approximate surface area is 115 Å². The van der Waals surface area contributed by atoms with Crippen LogP contribution in [0.1, 0.15) is 33.6 Å². The van der Waals surface area contributed by atoms with Crippen molar-refractivity contribution in [1.82, 2.24) is 4.90 Å². The van der Waals surface area contributed by atoms with Gasteiger partial charge in [0, 0.05) is 24.9 Å². The van der Waals surface area contributed by atoms with Crippen molar-refractivity contribution in [3.05, 3.63) is 12.7 Å². The first kappa shape index (κ1) is 14.5. The third-order valence-electron chi connectivity index (χ3n) is 4.12. The summed E-state index contributed by atoms with van der Waals surface area (Å²) in [6.07, 6.45) is 4.00. The van der Waals surface area contributed by atoms with Crippen molar-refractivity contribution in [3.8, 4) is 0 Å². The first-order valence-corrected chi connectivity index (χ1v) is 7.18. The third-order valence-corrected chi connectivity index (χ3v) is 4.12. The Morgan fingerprint density at radius 1 is 1.42 bits per heavy atom. The molecule has 19 heavy (non-hydrogen) atoms. The van der Waals surface area contributed by atoms with Gasteiger partial charge in [-0.2, -0.15) is 0 Å². The third kappa shape index (κ3) is 3.18. The number of nitrogens with zero attached hydrogens (tertiary/aromatic N) is 1. The number of carbonyl (C=O) groups is 1. The van der Waals surface area contributed by atoms with Gasteiger partial charge in [0.2, 0.25) is 5.91 Å². The highest BCUT2D eigenvalue weighted by Gasteiger charge is 2.40. The number of rotatable bonds is 4. The lowest BCUT2D eigenvalue weighted by Gasteiger charge is -2.29. The molecule has 3 atom stereocenters.